The Morgan fingerprint density at radius 1 is 0.652 bits per heavy atom. The molecule has 0 aromatic heterocycles. The molecule has 1 saturated carbocycles. The van der Waals surface area contributed by atoms with Crippen molar-refractivity contribution in [1.82, 2.24) is 0 Å². The van der Waals surface area contributed by atoms with Crippen LogP contribution in [0.1, 0.15) is 11.1 Å². The third kappa shape index (κ3) is 3.47. The van der Waals surface area contributed by atoms with Crippen molar-refractivity contribution in [2.24, 2.45) is 11.8 Å². The van der Waals surface area contributed by atoms with Gasteiger partial charge in [0.2, 0.25) is 0 Å². The normalized spacial score (nSPS) is 28.0. The molecule has 3 nitrogen and oxygen atoms in total. The molecule has 0 bridgehead atoms. The summed E-state index contributed by atoms with van der Waals surface area (Å²) in [6, 6.07) is 20.6. The monoisotopic (exact) mass is 310 g/mol. The van der Waals surface area contributed by atoms with E-state index in [4.69, 9.17) is 14.2 Å². The highest BCUT2D eigenvalue weighted by Gasteiger charge is 2.63. The zero-order valence-electron chi connectivity index (χ0n) is 13.1. The van der Waals surface area contributed by atoms with E-state index in [9.17, 15) is 0 Å². The summed E-state index contributed by atoms with van der Waals surface area (Å²) in [5, 5.41) is 0. The van der Waals surface area contributed by atoms with Crippen molar-refractivity contribution in [2.75, 3.05) is 13.2 Å². The highest BCUT2D eigenvalue weighted by Crippen LogP contribution is 2.52. The summed E-state index contributed by atoms with van der Waals surface area (Å²) < 4.78 is 17.5. The molecule has 2 fully saturated rings. The Morgan fingerprint density at radius 3 is 1.52 bits per heavy atom. The van der Waals surface area contributed by atoms with Crippen LogP contribution in [-0.2, 0) is 27.4 Å². The molecule has 1 aliphatic heterocycles. The Morgan fingerprint density at radius 2 is 1.09 bits per heavy atom. The van der Waals surface area contributed by atoms with Crippen LogP contribution in [0.4, 0.5) is 0 Å². The van der Waals surface area contributed by atoms with Crippen molar-refractivity contribution >= 4 is 0 Å². The van der Waals surface area contributed by atoms with Crippen LogP contribution in [0.3, 0.4) is 0 Å². The number of epoxide rings is 1. The van der Waals surface area contributed by atoms with E-state index in [0.29, 0.717) is 37.3 Å². The van der Waals surface area contributed by atoms with Crippen LogP contribution < -0.4 is 0 Å². The van der Waals surface area contributed by atoms with E-state index in [0.717, 1.165) is 13.2 Å². The van der Waals surface area contributed by atoms with E-state index >= 15 is 0 Å². The molecule has 120 valence electrons. The zero-order chi connectivity index (χ0) is 15.5. The molecule has 3 heteroatoms. The fourth-order valence-electron chi connectivity index (χ4n) is 3.38. The number of hydrogen-bond acceptors (Lipinski definition) is 3. The average molecular weight is 310 g/mol. The number of ether oxygens (including phenoxy) is 3. The van der Waals surface area contributed by atoms with Gasteiger partial charge in [0.1, 0.15) is 0 Å². The van der Waals surface area contributed by atoms with Gasteiger partial charge in [0, 0.05) is 11.8 Å². The molecule has 0 amide bonds. The van der Waals surface area contributed by atoms with Gasteiger partial charge in [-0.3, -0.25) is 0 Å². The van der Waals surface area contributed by atoms with Gasteiger partial charge in [-0.05, 0) is 11.1 Å². The SMILES string of the molecule is c1ccc(COCC2C(COCc3ccccc3)[C@@H]3O[C@H]23)cc1. The summed E-state index contributed by atoms with van der Waals surface area (Å²) in [4.78, 5) is 0. The van der Waals surface area contributed by atoms with Crippen molar-refractivity contribution < 1.29 is 14.2 Å². The summed E-state index contributed by atoms with van der Waals surface area (Å²) in [5.41, 5.74) is 2.44. The van der Waals surface area contributed by atoms with E-state index in [-0.39, 0.29) is 0 Å². The molecule has 4 atom stereocenters. The minimum absolute atomic E-state index is 0.413. The van der Waals surface area contributed by atoms with Gasteiger partial charge in [-0.1, -0.05) is 60.7 Å². The molecule has 0 spiro atoms. The van der Waals surface area contributed by atoms with Crippen molar-refractivity contribution in [3.63, 3.8) is 0 Å². The van der Waals surface area contributed by atoms with Gasteiger partial charge >= 0.3 is 0 Å². The predicted octanol–water partition coefficient (Wildman–Crippen LogP) is 3.43. The predicted molar refractivity (Wildman–Crippen MR) is 87.8 cm³/mol. The Kier molecular flexibility index (Phi) is 4.42. The first-order valence-electron chi connectivity index (χ1n) is 8.30. The van der Waals surface area contributed by atoms with Gasteiger partial charge in [0.15, 0.2) is 0 Å². The van der Waals surface area contributed by atoms with Gasteiger partial charge in [0.25, 0.3) is 0 Å². The highest BCUT2D eigenvalue weighted by atomic mass is 16.6. The summed E-state index contributed by atoms with van der Waals surface area (Å²) in [6.07, 6.45) is 0.826. The van der Waals surface area contributed by atoms with Gasteiger partial charge < -0.3 is 14.2 Å². The minimum Gasteiger partial charge on any atom is -0.376 e. The lowest BCUT2D eigenvalue weighted by Crippen LogP contribution is -2.42. The maximum absolute atomic E-state index is 5.88. The van der Waals surface area contributed by atoms with Gasteiger partial charge in [-0.25, -0.2) is 0 Å². The molecule has 1 aliphatic carbocycles. The van der Waals surface area contributed by atoms with Gasteiger partial charge in [-0.15, -0.1) is 0 Å². The van der Waals surface area contributed by atoms with Crippen LogP contribution in [-0.4, -0.2) is 25.4 Å². The maximum atomic E-state index is 5.88. The zero-order valence-corrected chi connectivity index (χ0v) is 13.1. The lowest BCUT2D eigenvalue weighted by molar-refractivity contribution is -0.00269. The van der Waals surface area contributed by atoms with E-state index in [1.165, 1.54) is 11.1 Å². The fraction of sp³-hybridized carbons (Fsp3) is 0.400. The second-order valence-corrected chi connectivity index (χ2v) is 6.39. The molecule has 2 aromatic carbocycles. The molecule has 4 rings (SSSR count). The summed E-state index contributed by atoms with van der Waals surface area (Å²) >= 11 is 0. The van der Waals surface area contributed by atoms with Crippen molar-refractivity contribution in [1.29, 1.82) is 0 Å². The molecular weight excluding hydrogens is 288 g/mol. The fourth-order valence-corrected chi connectivity index (χ4v) is 3.38. The minimum atomic E-state index is 0.413. The van der Waals surface area contributed by atoms with Crippen LogP contribution in [0.15, 0.2) is 60.7 Å². The standard InChI is InChI=1S/C20H22O3/c1-3-7-15(8-4-1)11-21-13-17-18(20-19(17)23-20)14-22-12-16-9-5-2-6-10-16/h1-10,17-20H,11-14H2/t17?,18?,19-,20+. The largest absolute Gasteiger partial charge is 0.376 e. The second kappa shape index (κ2) is 6.83. The first kappa shape index (κ1) is 14.9. The first-order valence-corrected chi connectivity index (χ1v) is 8.30. The Hall–Kier alpha value is -1.68. The number of benzene rings is 2. The molecule has 2 unspecified atom stereocenters. The van der Waals surface area contributed by atoms with Crippen LogP contribution in [0, 0.1) is 11.8 Å². The lowest BCUT2D eigenvalue weighted by atomic mass is 9.74. The van der Waals surface area contributed by atoms with Crippen LogP contribution >= 0.6 is 0 Å². The molecule has 2 aliphatic rings. The summed E-state index contributed by atoms with van der Waals surface area (Å²) in [7, 11) is 0. The molecule has 2 aromatic rings. The first-order chi connectivity index (χ1) is 11.4. The third-order valence-electron chi connectivity index (χ3n) is 4.80. The third-order valence-corrected chi connectivity index (χ3v) is 4.80. The van der Waals surface area contributed by atoms with Gasteiger partial charge in [0.05, 0.1) is 38.6 Å². The summed E-state index contributed by atoms with van der Waals surface area (Å²) in [6.45, 7) is 2.86. The Labute approximate surface area is 137 Å². The molecule has 1 saturated heterocycles. The molecule has 1 heterocycles. The van der Waals surface area contributed by atoms with Crippen molar-refractivity contribution in [3.8, 4) is 0 Å². The molecular formula is C20H22O3. The summed E-state index contributed by atoms with van der Waals surface area (Å²) in [5.74, 6) is 0.971. The topological polar surface area (TPSA) is 31.0 Å². The Balaban J connectivity index is 1.19. The number of rotatable bonds is 8. The maximum Gasteiger partial charge on any atom is 0.0900 e. The number of hydrogen-bond donors (Lipinski definition) is 0. The molecule has 0 N–H and O–H groups in total. The second-order valence-electron chi connectivity index (χ2n) is 6.39. The van der Waals surface area contributed by atoms with E-state index in [1.807, 2.05) is 36.4 Å². The van der Waals surface area contributed by atoms with Crippen LogP contribution in [0.25, 0.3) is 0 Å². The number of fused-ring (bicyclic) bond motifs is 1. The molecule has 23 heavy (non-hydrogen) atoms. The molecule has 0 radical (unpaired) electrons. The highest BCUT2D eigenvalue weighted by molar-refractivity contribution is 5.15. The Bertz CT molecular complexity index is 558. The lowest BCUT2D eigenvalue weighted by Gasteiger charge is -2.31. The van der Waals surface area contributed by atoms with Crippen molar-refractivity contribution in [2.45, 2.75) is 25.4 Å². The van der Waals surface area contributed by atoms with Crippen LogP contribution in [0.5, 0.6) is 0 Å². The van der Waals surface area contributed by atoms with E-state index in [1.54, 1.807) is 0 Å². The van der Waals surface area contributed by atoms with E-state index in [2.05, 4.69) is 24.3 Å². The average Bonchev–Trinajstić information content (AvgIpc) is 3.32. The smallest absolute Gasteiger partial charge is 0.0900 e. The van der Waals surface area contributed by atoms with Gasteiger partial charge in [-0.2, -0.15) is 0 Å². The van der Waals surface area contributed by atoms with E-state index < -0.39 is 0 Å². The quantitative estimate of drug-likeness (QED) is 0.700. The van der Waals surface area contributed by atoms with Crippen molar-refractivity contribution in [3.05, 3.63) is 71.8 Å². The van der Waals surface area contributed by atoms with Crippen LogP contribution in [0.2, 0.25) is 0 Å².